The van der Waals surface area contributed by atoms with Crippen molar-refractivity contribution in [2.24, 2.45) is 0 Å². The molecule has 0 atom stereocenters. The molecule has 1 aliphatic rings. The number of benzene rings is 2. The Kier molecular flexibility index (Phi) is 4.37. The second kappa shape index (κ2) is 6.83. The molecule has 4 nitrogen and oxygen atoms in total. The number of piperidine rings is 1. The average molecular weight is 349 g/mol. The molecule has 4 rings (SSSR count). The molecular formula is C21H20FN3O. The maximum absolute atomic E-state index is 13.7. The zero-order valence-electron chi connectivity index (χ0n) is 14.7. The van der Waals surface area contributed by atoms with Gasteiger partial charge in [0.25, 0.3) is 5.91 Å². The summed E-state index contributed by atoms with van der Waals surface area (Å²) in [6.07, 6.45) is 4.94. The minimum absolute atomic E-state index is 0.0420. The number of carbonyl (C=O) groups excluding carboxylic acids is 1. The van der Waals surface area contributed by atoms with Crippen molar-refractivity contribution in [3.05, 3.63) is 59.5 Å². The first kappa shape index (κ1) is 16.6. The predicted molar refractivity (Wildman–Crippen MR) is 99.4 cm³/mol. The number of fused-ring (bicyclic) bond motifs is 1. The molecule has 26 heavy (non-hydrogen) atoms. The van der Waals surface area contributed by atoms with Gasteiger partial charge in [-0.15, -0.1) is 0 Å². The van der Waals surface area contributed by atoms with Crippen LogP contribution in [0.25, 0.3) is 22.3 Å². The Bertz CT molecular complexity index is 960. The predicted octanol–water partition coefficient (Wildman–Crippen LogP) is 4.37. The molecule has 1 fully saturated rings. The lowest BCUT2D eigenvalue weighted by atomic mass is 10.1. The first-order valence-electron chi connectivity index (χ1n) is 8.94. The standard InChI is InChI=1S/C21H20FN3O/c1-14-9-16(11-17(22)10-14)20-13-23-18-6-5-15(12-19(18)24-20)21(26)25-7-3-2-4-8-25/h5-6,9-13H,2-4,7-8H2,1H3. The van der Waals surface area contributed by atoms with Crippen molar-refractivity contribution < 1.29 is 9.18 Å². The second-order valence-electron chi connectivity index (χ2n) is 6.83. The topological polar surface area (TPSA) is 46.1 Å². The molecule has 1 aliphatic heterocycles. The summed E-state index contributed by atoms with van der Waals surface area (Å²) in [4.78, 5) is 23.7. The van der Waals surface area contributed by atoms with Gasteiger partial charge in [0, 0.05) is 24.2 Å². The third-order valence-electron chi connectivity index (χ3n) is 4.77. The first-order valence-corrected chi connectivity index (χ1v) is 8.94. The first-order chi connectivity index (χ1) is 12.6. The molecule has 0 unspecified atom stereocenters. The van der Waals surface area contributed by atoms with E-state index in [0.717, 1.165) is 37.0 Å². The Labute approximate surface area is 151 Å². The van der Waals surface area contributed by atoms with Gasteiger partial charge in [-0.25, -0.2) is 9.37 Å². The van der Waals surface area contributed by atoms with Crippen molar-refractivity contribution >= 4 is 16.9 Å². The molecule has 2 aromatic carbocycles. The van der Waals surface area contributed by atoms with Gasteiger partial charge in [-0.05, 0) is 68.1 Å². The maximum atomic E-state index is 13.7. The largest absolute Gasteiger partial charge is 0.339 e. The molecule has 1 saturated heterocycles. The molecule has 3 aromatic rings. The number of hydrogen-bond acceptors (Lipinski definition) is 3. The van der Waals surface area contributed by atoms with E-state index in [2.05, 4.69) is 9.97 Å². The van der Waals surface area contributed by atoms with Crippen molar-refractivity contribution in [1.29, 1.82) is 0 Å². The van der Waals surface area contributed by atoms with E-state index in [0.29, 0.717) is 22.3 Å². The van der Waals surface area contributed by atoms with Crippen molar-refractivity contribution in [3.63, 3.8) is 0 Å². The van der Waals surface area contributed by atoms with Crippen LogP contribution in [0.3, 0.4) is 0 Å². The van der Waals surface area contributed by atoms with Gasteiger partial charge in [-0.1, -0.05) is 0 Å². The molecular weight excluding hydrogens is 329 g/mol. The van der Waals surface area contributed by atoms with E-state index in [1.165, 1.54) is 18.6 Å². The maximum Gasteiger partial charge on any atom is 0.253 e. The third kappa shape index (κ3) is 3.29. The van der Waals surface area contributed by atoms with Crippen LogP contribution >= 0.6 is 0 Å². The Hall–Kier alpha value is -2.82. The number of amides is 1. The molecule has 0 radical (unpaired) electrons. The minimum atomic E-state index is -0.295. The summed E-state index contributed by atoms with van der Waals surface area (Å²) >= 11 is 0. The van der Waals surface area contributed by atoms with Crippen LogP contribution in [0.15, 0.2) is 42.6 Å². The van der Waals surface area contributed by atoms with Gasteiger partial charge in [0.15, 0.2) is 0 Å². The fourth-order valence-electron chi connectivity index (χ4n) is 3.45. The van der Waals surface area contributed by atoms with E-state index in [9.17, 15) is 9.18 Å². The second-order valence-corrected chi connectivity index (χ2v) is 6.83. The lowest BCUT2D eigenvalue weighted by Gasteiger charge is -2.26. The normalized spacial score (nSPS) is 14.6. The van der Waals surface area contributed by atoms with Gasteiger partial charge < -0.3 is 4.90 Å². The third-order valence-corrected chi connectivity index (χ3v) is 4.77. The van der Waals surface area contributed by atoms with Gasteiger partial charge in [-0.3, -0.25) is 9.78 Å². The lowest BCUT2D eigenvalue weighted by Crippen LogP contribution is -2.35. The quantitative estimate of drug-likeness (QED) is 0.690. The molecule has 1 amide bonds. The van der Waals surface area contributed by atoms with Gasteiger partial charge in [0.1, 0.15) is 5.82 Å². The van der Waals surface area contributed by atoms with Crippen molar-refractivity contribution in [3.8, 4) is 11.3 Å². The van der Waals surface area contributed by atoms with E-state index in [-0.39, 0.29) is 11.7 Å². The van der Waals surface area contributed by atoms with E-state index in [4.69, 9.17) is 0 Å². The SMILES string of the molecule is Cc1cc(F)cc(-c2cnc3ccc(C(=O)N4CCCCC4)cc3n2)c1. The minimum Gasteiger partial charge on any atom is -0.339 e. The number of aryl methyl sites for hydroxylation is 1. The zero-order chi connectivity index (χ0) is 18.1. The smallest absolute Gasteiger partial charge is 0.253 e. The monoisotopic (exact) mass is 349 g/mol. The highest BCUT2D eigenvalue weighted by Gasteiger charge is 2.18. The molecule has 5 heteroatoms. The Morgan fingerprint density at radius 1 is 1.04 bits per heavy atom. The van der Waals surface area contributed by atoms with Crippen LogP contribution in [0.5, 0.6) is 0 Å². The van der Waals surface area contributed by atoms with Crippen LogP contribution in [-0.4, -0.2) is 33.9 Å². The van der Waals surface area contributed by atoms with Gasteiger partial charge in [0.05, 0.1) is 22.9 Å². The van der Waals surface area contributed by atoms with Crippen LogP contribution in [0.1, 0.15) is 35.2 Å². The highest BCUT2D eigenvalue weighted by molar-refractivity contribution is 5.97. The van der Waals surface area contributed by atoms with E-state index in [1.807, 2.05) is 24.0 Å². The van der Waals surface area contributed by atoms with Crippen LogP contribution in [-0.2, 0) is 0 Å². The van der Waals surface area contributed by atoms with Gasteiger partial charge >= 0.3 is 0 Å². The van der Waals surface area contributed by atoms with E-state index < -0.39 is 0 Å². The number of halogens is 1. The molecule has 1 aromatic heterocycles. The molecule has 0 N–H and O–H groups in total. The number of rotatable bonds is 2. The molecule has 0 bridgehead atoms. The van der Waals surface area contributed by atoms with Crippen LogP contribution < -0.4 is 0 Å². The van der Waals surface area contributed by atoms with Gasteiger partial charge in [0.2, 0.25) is 0 Å². The number of carbonyl (C=O) groups is 1. The molecule has 0 saturated carbocycles. The summed E-state index contributed by atoms with van der Waals surface area (Å²) < 4.78 is 13.7. The average Bonchev–Trinajstić information content (AvgIpc) is 2.66. The Morgan fingerprint density at radius 2 is 1.85 bits per heavy atom. The summed E-state index contributed by atoms with van der Waals surface area (Å²) in [6.45, 7) is 3.47. The van der Waals surface area contributed by atoms with Gasteiger partial charge in [-0.2, -0.15) is 0 Å². The summed E-state index contributed by atoms with van der Waals surface area (Å²) in [6, 6.07) is 10.2. The van der Waals surface area contributed by atoms with Crippen LogP contribution in [0.2, 0.25) is 0 Å². The molecule has 2 heterocycles. The van der Waals surface area contributed by atoms with Crippen molar-refractivity contribution in [2.45, 2.75) is 26.2 Å². The highest BCUT2D eigenvalue weighted by atomic mass is 19.1. The lowest BCUT2D eigenvalue weighted by molar-refractivity contribution is 0.0724. The van der Waals surface area contributed by atoms with Crippen molar-refractivity contribution in [2.75, 3.05) is 13.1 Å². The number of hydrogen-bond donors (Lipinski definition) is 0. The fourth-order valence-corrected chi connectivity index (χ4v) is 3.45. The zero-order valence-corrected chi connectivity index (χ0v) is 14.7. The van der Waals surface area contributed by atoms with Crippen molar-refractivity contribution in [1.82, 2.24) is 14.9 Å². The number of nitrogens with zero attached hydrogens (tertiary/aromatic N) is 3. The number of likely N-dealkylation sites (tertiary alicyclic amines) is 1. The molecule has 0 spiro atoms. The number of aromatic nitrogens is 2. The Morgan fingerprint density at radius 3 is 2.62 bits per heavy atom. The summed E-state index contributed by atoms with van der Waals surface area (Å²) in [7, 11) is 0. The molecule has 0 aliphatic carbocycles. The van der Waals surface area contributed by atoms with E-state index >= 15 is 0 Å². The van der Waals surface area contributed by atoms with E-state index in [1.54, 1.807) is 18.3 Å². The van der Waals surface area contributed by atoms with Crippen LogP contribution in [0, 0.1) is 12.7 Å². The fraction of sp³-hybridized carbons (Fsp3) is 0.286. The molecule has 132 valence electrons. The summed E-state index contributed by atoms with van der Waals surface area (Å²) in [5, 5.41) is 0. The Balaban J connectivity index is 1.71. The highest BCUT2D eigenvalue weighted by Crippen LogP contribution is 2.23. The van der Waals surface area contributed by atoms with Crippen LogP contribution in [0.4, 0.5) is 4.39 Å². The summed E-state index contributed by atoms with van der Waals surface area (Å²) in [5.41, 5.74) is 4.11. The summed E-state index contributed by atoms with van der Waals surface area (Å²) in [5.74, 6) is -0.253.